The number of carbonyl (C=O) groups excluding carboxylic acids is 2. The molecule has 0 fully saturated rings. The van der Waals surface area contributed by atoms with Crippen LogP contribution >= 0.6 is 0 Å². The number of hydrogen-bond acceptors (Lipinski definition) is 4. The fraction of sp³-hybridized carbons (Fsp3) is 0.385. The third-order valence-corrected chi connectivity index (χ3v) is 6.16. The summed E-state index contributed by atoms with van der Waals surface area (Å²) in [4.78, 5) is 25.4. The van der Waals surface area contributed by atoms with Gasteiger partial charge in [-0.05, 0) is 55.2 Å². The molecule has 3 amide bonds. The Labute approximate surface area is 208 Å². The highest BCUT2D eigenvalue weighted by Crippen LogP contribution is 2.26. The standard InChI is InChI=1S/C26H30F2N6O2/c1-2-6-21(31-26(36)29-16-17-8-11-19(27)12-9-17)25(35)30-22-15-18(10-13-20(22)28)24-33-32-23-7-4-3-5-14-34(23)24/h8-13,15,21H,2-7,14,16H2,1H3,(H,30,35)(H2,29,31,36). The van der Waals surface area contributed by atoms with E-state index in [4.69, 9.17) is 0 Å². The number of aryl methyl sites for hydroxylation is 1. The van der Waals surface area contributed by atoms with Crippen molar-refractivity contribution in [3.63, 3.8) is 0 Å². The van der Waals surface area contributed by atoms with Crippen molar-refractivity contribution in [2.24, 2.45) is 0 Å². The molecule has 0 saturated carbocycles. The Bertz CT molecular complexity index is 1210. The molecule has 0 bridgehead atoms. The Hall–Kier alpha value is -3.82. The summed E-state index contributed by atoms with van der Waals surface area (Å²) in [6.07, 6.45) is 5.06. The Morgan fingerprint density at radius 1 is 1.06 bits per heavy atom. The minimum absolute atomic E-state index is 0.0121. The van der Waals surface area contributed by atoms with Crippen LogP contribution in [0, 0.1) is 11.6 Å². The van der Waals surface area contributed by atoms with Crippen LogP contribution in [0.5, 0.6) is 0 Å². The predicted molar refractivity (Wildman–Crippen MR) is 132 cm³/mol. The molecule has 1 unspecified atom stereocenters. The first kappa shape index (κ1) is 25.3. The molecule has 1 aliphatic rings. The maximum Gasteiger partial charge on any atom is 0.315 e. The second kappa shape index (κ2) is 11.7. The summed E-state index contributed by atoms with van der Waals surface area (Å²) in [5.74, 6) is 0.0873. The first-order valence-corrected chi connectivity index (χ1v) is 12.3. The average molecular weight is 497 g/mol. The van der Waals surface area contributed by atoms with Crippen LogP contribution in [0.2, 0.25) is 0 Å². The zero-order valence-electron chi connectivity index (χ0n) is 20.2. The van der Waals surface area contributed by atoms with Crippen LogP contribution in [0.3, 0.4) is 0 Å². The minimum Gasteiger partial charge on any atom is -0.334 e. The lowest BCUT2D eigenvalue weighted by atomic mass is 10.1. The van der Waals surface area contributed by atoms with Gasteiger partial charge in [0.15, 0.2) is 5.82 Å². The summed E-state index contributed by atoms with van der Waals surface area (Å²) in [6, 6.07) is 8.80. The summed E-state index contributed by atoms with van der Waals surface area (Å²) in [5, 5.41) is 16.5. The van der Waals surface area contributed by atoms with E-state index in [1.54, 1.807) is 24.3 Å². The van der Waals surface area contributed by atoms with Crippen molar-refractivity contribution in [3.05, 3.63) is 65.5 Å². The van der Waals surface area contributed by atoms with Crippen molar-refractivity contribution >= 4 is 17.6 Å². The van der Waals surface area contributed by atoms with Gasteiger partial charge in [0.05, 0.1) is 5.69 Å². The van der Waals surface area contributed by atoms with E-state index in [1.807, 2.05) is 6.92 Å². The highest BCUT2D eigenvalue weighted by Gasteiger charge is 2.22. The van der Waals surface area contributed by atoms with Crippen LogP contribution < -0.4 is 16.0 Å². The number of fused-ring (bicyclic) bond motifs is 1. The molecule has 36 heavy (non-hydrogen) atoms. The smallest absolute Gasteiger partial charge is 0.315 e. The number of nitrogens with zero attached hydrogens (tertiary/aromatic N) is 3. The molecule has 1 atom stereocenters. The van der Waals surface area contributed by atoms with Crippen molar-refractivity contribution < 1.29 is 18.4 Å². The molecule has 1 aromatic heterocycles. The number of benzene rings is 2. The van der Waals surface area contributed by atoms with E-state index in [-0.39, 0.29) is 18.0 Å². The van der Waals surface area contributed by atoms with Gasteiger partial charge in [-0.2, -0.15) is 0 Å². The van der Waals surface area contributed by atoms with Crippen LogP contribution in [0.1, 0.15) is 50.4 Å². The molecule has 10 heteroatoms. The van der Waals surface area contributed by atoms with Crippen LogP contribution in [-0.4, -0.2) is 32.7 Å². The van der Waals surface area contributed by atoms with Gasteiger partial charge in [-0.25, -0.2) is 13.6 Å². The number of amides is 3. The van der Waals surface area contributed by atoms with Crippen LogP contribution in [0.15, 0.2) is 42.5 Å². The zero-order chi connectivity index (χ0) is 25.5. The lowest BCUT2D eigenvalue weighted by Gasteiger charge is -2.19. The second-order valence-electron chi connectivity index (χ2n) is 8.88. The Morgan fingerprint density at radius 2 is 1.86 bits per heavy atom. The molecule has 4 rings (SSSR count). The molecule has 0 aliphatic carbocycles. The number of aromatic nitrogens is 3. The van der Waals surface area contributed by atoms with Crippen molar-refractivity contribution in [2.75, 3.05) is 5.32 Å². The number of carbonyl (C=O) groups is 2. The molecule has 0 spiro atoms. The summed E-state index contributed by atoms with van der Waals surface area (Å²) >= 11 is 0. The Balaban J connectivity index is 1.43. The fourth-order valence-electron chi connectivity index (χ4n) is 4.23. The quantitative estimate of drug-likeness (QED) is 0.426. The van der Waals surface area contributed by atoms with E-state index in [9.17, 15) is 18.4 Å². The number of anilines is 1. The summed E-state index contributed by atoms with van der Waals surface area (Å²) in [6.45, 7) is 2.86. The third-order valence-electron chi connectivity index (χ3n) is 6.16. The highest BCUT2D eigenvalue weighted by atomic mass is 19.1. The van der Waals surface area contributed by atoms with Gasteiger partial charge in [-0.3, -0.25) is 4.79 Å². The second-order valence-corrected chi connectivity index (χ2v) is 8.88. The van der Waals surface area contributed by atoms with Gasteiger partial charge in [0.1, 0.15) is 23.5 Å². The van der Waals surface area contributed by atoms with E-state index < -0.39 is 23.8 Å². The number of urea groups is 1. The molecular weight excluding hydrogens is 466 g/mol. The number of nitrogens with one attached hydrogen (secondary N) is 3. The monoisotopic (exact) mass is 496 g/mol. The van der Waals surface area contributed by atoms with Gasteiger partial charge in [0.25, 0.3) is 0 Å². The van der Waals surface area contributed by atoms with Crippen LogP contribution in [0.4, 0.5) is 19.3 Å². The van der Waals surface area contributed by atoms with Gasteiger partial charge in [0, 0.05) is 25.1 Å². The zero-order valence-corrected chi connectivity index (χ0v) is 20.2. The van der Waals surface area contributed by atoms with Crippen molar-refractivity contribution in [1.29, 1.82) is 0 Å². The Morgan fingerprint density at radius 3 is 2.64 bits per heavy atom. The van der Waals surface area contributed by atoms with E-state index in [2.05, 4.69) is 30.7 Å². The molecule has 2 aromatic carbocycles. The average Bonchev–Trinajstić information content (AvgIpc) is 3.12. The van der Waals surface area contributed by atoms with Gasteiger partial charge in [0.2, 0.25) is 5.91 Å². The normalized spacial score (nSPS) is 13.9. The summed E-state index contributed by atoms with van der Waals surface area (Å²) in [7, 11) is 0. The maximum absolute atomic E-state index is 14.6. The topological polar surface area (TPSA) is 101 Å². The summed E-state index contributed by atoms with van der Waals surface area (Å²) in [5.41, 5.74) is 1.38. The first-order chi connectivity index (χ1) is 17.4. The highest BCUT2D eigenvalue weighted by molar-refractivity contribution is 5.97. The molecule has 0 saturated heterocycles. The molecule has 0 radical (unpaired) electrons. The summed E-state index contributed by atoms with van der Waals surface area (Å²) < 4.78 is 29.8. The molecule has 3 aromatic rings. The van der Waals surface area contributed by atoms with E-state index in [0.717, 1.165) is 38.1 Å². The number of rotatable bonds is 8. The lowest BCUT2D eigenvalue weighted by molar-refractivity contribution is -0.118. The predicted octanol–water partition coefficient (Wildman–Crippen LogP) is 4.56. The molecule has 1 aliphatic heterocycles. The third kappa shape index (κ3) is 6.24. The maximum atomic E-state index is 14.6. The van der Waals surface area contributed by atoms with Gasteiger partial charge < -0.3 is 20.5 Å². The Kier molecular flexibility index (Phi) is 8.24. The molecule has 3 N–H and O–H groups in total. The molecule has 190 valence electrons. The van der Waals surface area contributed by atoms with E-state index >= 15 is 0 Å². The van der Waals surface area contributed by atoms with Crippen molar-refractivity contribution in [3.8, 4) is 11.4 Å². The van der Waals surface area contributed by atoms with Crippen molar-refractivity contribution in [2.45, 2.75) is 64.6 Å². The van der Waals surface area contributed by atoms with Gasteiger partial charge >= 0.3 is 6.03 Å². The number of hydrogen-bond donors (Lipinski definition) is 3. The van der Waals surface area contributed by atoms with Crippen LogP contribution in [0.25, 0.3) is 11.4 Å². The first-order valence-electron chi connectivity index (χ1n) is 12.3. The molecule has 2 heterocycles. The van der Waals surface area contributed by atoms with E-state index in [1.165, 1.54) is 18.2 Å². The fourth-order valence-corrected chi connectivity index (χ4v) is 4.23. The molecular formula is C26H30F2N6O2. The van der Waals surface area contributed by atoms with Gasteiger partial charge in [-0.1, -0.05) is 31.9 Å². The SMILES string of the molecule is CCCC(NC(=O)NCc1ccc(F)cc1)C(=O)Nc1cc(-c2nnc3n2CCCCC3)ccc1F. The van der Waals surface area contributed by atoms with Gasteiger partial charge in [-0.15, -0.1) is 10.2 Å². The van der Waals surface area contributed by atoms with Crippen LogP contribution in [-0.2, 0) is 24.3 Å². The van der Waals surface area contributed by atoms with E-state index in [0.29, 0.717) is 29.8 Å². The lowest BCUT2D eigenvalue weighted by Crippen LogP contribution is -2.47. The molecule has 8 nitrogen and oxygen atoms in total. The largest absolute Gasteiger partial charge is 0.334 e. The van der Waals surface area contributed by atoms with Crippen molar-refractivity contribution in [1.82, 2.24) is 25.4 Å². The number of halogens is 2. The minimum atomic E-state index is -0.865.